The number of hydrogen-bond acceptors (Lipinski definition) is 6. The second kappa shape index (κ2) is 4.34. The lowest BCUT2D eigenvalue weighted by Gasteiger charge is -2.22. The molecule has 1 aromatic carbocycles. The first kappa shape index (κ1) is 12.4. The molecule has 6 nitrogen and oxygen atoms in total. The van der Waals surface area contributed by atoms with Gasteiger partial charge in [-0.15, -0.1) is 0 Å². The molecule has 0 radical (unpaired) electrons. The fraction of sp³-hybridized carbons (Fsp3) is 0.0769. The number of fused-ring (bicyclic) bond motifs is 2. The Morgan fingerprint density at radius 1 is 1.10 bits per heavy atom. The van der Waals surface area contributed by atoms with Gasteiger partial charge in [-0.1, -0.05) is 34.8 Å². The average molecular weight is 319 g/mol. The number of H-pyrrole nitrogens is 2. The molecule has 21 heavy (non-hydrogen) atoms. The first-order valence-electron chi connectivity index (χ1n) is 6.14. The van der Waals surface area contributed by atoms with Crippen molar-refractivity contribution in [2.45, 2.75) is 5.92 Å². The molecule has 0 spiro atoms. The van der Waals surface area contributed by atoms with Gasteiger partial charge in [0.05, 0.1) is 16.5 Å². The summed E-state index contributed by atoms with van der Waals surface area (Å²) in [7, 11) is 0. The van der Waals surface area contributed by atoms with Gasteiger partial charge >= 0.3 is 9.75 Å². The van der Waals surface area contributed by atoms with Crippen molar-refractivity contribution < 1.29 is 5.11 Å². The molecule has 8 heteroatoms. The Bertz CT molecular complexity index is 896. The molecule has 1 aliphatic rings. The van der Waals surface area contributed by atoms with Gasteiger partial charge in [0.2, 0.25) is 0 Å². The van der Waals surface area contributed by atoms with Gasteiger partial charge in [0.25, 0.3) is 0 Å². The van der Waals surface area contributed by atoms with E-state index in [4.69, 9.17) is 0 Å². The van der Waals surface area contributed by atoms with Crippen LogP contribution in [0.2, 0.25) is 0 Å². The van der Waals surface area contributed by atoms with Gasteiger partial charge in [-0.3, -0.25) is 14.6 Å². The number of hydrogen-bond donors (Lipinski definition) is 4. The summed E-state index contributed by atoms with van der Waals surface area (Å²) >= 11 is 2.16. The summed E-state index contributed by atoms with van der Waals surface area (Å²) in [6.07, 6.45) is 0. The van der Waals surface area contributed by atoms with Crippen molar-refractivity contribution in [3.63, 3.8) is 0 Å². The Hall–Kier alpha value is -2.32. The summed E-state index contributed by atoms with van der Waals surface area (Å²) in [5.41, 5.74) is 1.54. The number of thiazole rings is 2. The first-order valence-corrected chi connectivity index (χ1v) is 7.77. The van der Waals surface area contributed by atoms with Crippen LogP contribution in [0.25, 0.3) is 0 Å². The maximum Gasteiger partial charge on any atom is 0.306 e. The minimum Gasteiger partial charge on any atom is -0.508 e. The van der Waals surface area contributed by atoms with E-state index >= 15 is 0 Å². The zero-order chi connectivity index (χ0) is 14.6. The number of phenols is 1. The van der Waals surface area contributed by atoms with E-state index in [-0.39, 0.29) is 21.4 Å². The van der Waals surface area contributed by atoms with Crippen LogP contribution in [0.3, 0.4) is 0 Å². The maximum absolute atomic E-state index is 11.6. The van der Waals surface area contributed by atoms with Crippen LogP contribution in [0.4, 0.5) is 10.8 Å². The Labute approximate surface area is 125 Å². The monoisotopic (exact) mass is 319 g/mol. The molecule has 0 saturated heterocycles. The maximum atomic E-state index is 11.6. The molecule has 1 atom stereocenters. The van der Waals surface area contributed by atoms with Gasteiger partial charge in [0.1, 0.15) is 16.6 Å². The van der Waals surface area contributed by atoms with Crippen LogP contribution in [-0.2, 0) is 0 Å². The lowest BCUT2D eigenvalue weighted by atomic mass is 9.92. The zero-order valence-electron chi connectivity index (χ0n) is 10.5. The summed E-state index contributed by atoms with van der Waals surface area (Å²) < 4.78 is 0. The van der Waals surface area contributed by atoms with Crippen LogP contribution in [-0.4, -0.2) is 15.1 Å². The molecule has 1 aliphatic heterocycles. The summed E-state index contributed by atoms with van der Waals surface area (Å²) in [6, 6.07) is 6.83. The van der Waals surface area contributed by atoms with E-state index in [0.29, 0.717) is 10.8 Å². The molecule has 4 N–H and O–H groups in total. The third-order valence-electron chi connectivity index (χ3n) is 3.35. The largest absolute Gasteiger partial charge is 0.508 e. The van der Waals surface area contributed by atoms with Crippen LogP contribution in [0.15, 0.2) is 33.9 Å². The second-order valence-corrected chi connectivity index (χ2v) is 6.66. The Kier molecular flexibility index (Phi) is 2.57. The van der Waals surface area contributed by atoms with Gasteiger partial charge in [-0.25, -0.2) is 0 Å². The highest BCUT2D eigenvalue weighted by Crippen LogP contribution is 2.45. The highest BCUT2D eigenvalue weighted by Gasteiger charge is 2.32. The van der Waals surface area contributed by atoms with E-state index in [1.807, 2.05) is 6.07 Å². The third kappa shape index (κ3) is 1.91. The molecule has 3 aromatic rings. The van der Waals surface area contributed by atoms with Crippen molar-refractivity contribution in [3.8, 4) is 5.75 Å². The van der Waals surface area contributed by atoms with E-state index in [1.54, 1.807) is 18.2 Å². The lowest BCUT2D eigenvalue weighted by molar-refractivity contribution is 0.474. The predicted molar refractivity (Wildman–Crippen MR) is 82.2 cm³/mol. The minimum atomic E-state index is -0.272. The number of benzene rings is 1. The molecule has 0 fully saturated rings. The van der Waals surface area contributed by atoms with E-state index in [0.717, 1.165) is 38.8 Å². The van der Waals surface area contributed by atoms with E-state index in [9.17, 15) is 14.7 Å². The van der Waals surface area contributed by atoms with Crippen LogP contribution >= 0.6 is 22.7 Å². The van der Waals surface area contributed by atoms with Crippen LogP contribution < -0.4 is 15.1 Å². The molecule has 0 saturated carbocycles. The van der Waals surface area contributed by atoms with Crippen LogP contribution in [0.1, 0.15) is 22.1 Å². The van der Waals surface area contributed by atoms with Crippen molar-refractivity contribution in [2.24, 2.45) is 0 Å². The first-order chi connectivity index (χ1) is 10.1. The van der Waals surface area contributed by atoms with Gasteiger partial charge in [0, 0.05) is 0 Å². The number of aromatic hydroxyl groups is 1. The second-order valence-electron chi connectivity index (χ2n) is 4.66. The van der Waals surface area contributed by atoms with Gasteiger partial charge in [-0.05, 0) is 17.7 Å². The number of anilines is 2. The predicted octanol–water partition coefficient (Wildman–Crippen LogP) is 2.13. The number of phenolic OH excluding ortho intramolecular Hbond substituents is 1. The van der Waals surface area contributed by atoms with Gasteiger partial charge in [-0.2, -0.15) is 0 Å². The average Bonchev–Trinajstić information content (AvgIpc) is 2.96. The lowest BCUT2D eigenvalue weighted by Crippen LogP contribution is -2.12. The Morgan fingerprint density at radius 2 is 1.90 bits per heavy atom. The van der Waals surface area contributed by atoms with E-state index < -0.39 is 0 Å². The SMILES string of the molecule is O=c1[nH]c2c(s1)Nc1[nH]c(=O)sc1C2c1cccc(O)c1. The number of aromatic amines is 2. The molecule has 0 amide bonds. The highest BCUT2D eigenvalue weighted by atomic mass is 32.1. The molecule has 0 bridgehead atoms. The zero-order valence-corrected chi connectivity index (χ0v) is 12.1. The van der Waals surface area contributed by atoms with Crippen molar-refractivity contribution in [2.75, 3.05) is 5.32 Å². The summed E-state index contributed by atoms with van der Waals surface area (Å²) in [5, 5.41) is 13.5. The molecule has 1 unspecified atom stereocenters. The molecular formula is C13H9N3O3S2. The highest BCUT2D eigenvalue weighted by molar-refractivity contribution is 7.14. The Morgan fingerprint density at radius 3 is 2.71 bits per heavy atom. The summed E-state index contributed by atoms with van der Waals surface area (Å²) in [4.78, 5) is 29.3. The fourth-order valence-electron chi connectivity index (χ4n) is 2.54. The number of aromatic nitrogens is 2. The molecule has 3 heterocycles. The van der Waals surface area contributed by atoms with Crippen molar-refractivity contribution in [1.82, 2.24) is 9.97 Å². The normalized spacial score (nSPS) is 16.1. The van der Waals surface area contributed by atoms with E-state index in [2.05, 4.69) is 15.3 Å². The Balaban J connectivity index is 2.00. The fourth-order valence-corrected chi connectivity index (χ4v) is 4.25. The van der Waals surface area contributed by atoms with Gasteiger partial charge in [0.15, 0.2) is 0 Å². The van der Waals surface area contributed by atoms with Crippen LogP contribution in [0.5, 0.6) is 5.75 Å². The topological polar surface area (TPSA) is 98.0 Å². The third-order valence-corrected chi connectivity index (χ3v) is 5.11. The standard InChI is InChI=1S/C13H9N3O3S2/c17-6-3-1-2-5(4-6)7-8-11(21-12(18)14-8)15-10-9(7)20-13(19)16-10/h1-4,7,15,17H,(H,14,18)(H,16,19). The van der Waals surface area contributed by atoms with Crippen molar-refractivity contribution in [1.29, 1.82) is 0 Å². The molecule has 4 rings (SSSR count). The van der Waals surface area contributed by atoms with E-state index in [1.165, 1.54) is 0 Å². The summed E-state index contributed by atoms with van der Waals surface area (Å²) in [6.45, 7) is 0. The molecule has 106 valence electrons. The van der Waals surface area contributed by atoms with Crippen molar-refractivity contribution >= 4 is 33.5 Å². The van der Waals surface area contributed by atoms with Gasteiger partial charge < -0.3 is 15.4 Å². The molecule has 0 aliphatic carbocycles. The number of nitrogens with one attached hydrogen (secondary N) is 3. The van der Waals surface area contributed by atoms with Crippen LogP contribution in [0, 0.1) is 0 Å². The summed E-state index contributed by atoms with van der Waals surface area (Å²) in [5.74, 6) is 0.488. The number of rotatable bonds is 1. The molecule has 2 aromatic heterocycles. The smallest absolute Gasteiger partial charge is 0.306 e. The minimum absolute atomic E-state index is 0.148. The van der Waals surface area contributed by atoms with Crippen molar-refractivity contribution in [3.05, 3.63) is 59.7 Å². The quantitative estimate of drug-likeness (QED) is 0.432. The molecular weight excluding hydrogens is 310 g/mol.